The van der Waals surface area contributed by atoms with E-state index in [1.54, 1.807) is 0 Å². The van der Waals surface area contributed by atoms with Crippen molar-refractivity contribution in [3.63, 3.8) is 0 Å². The molecule has 3 N–H and O–H groups in total. The molecule has 0 spiro atoms. The van der Waals surface area contributed by atoms with Gasteiger partial charge in [0.05, 0.1) is 5.92 Å². The highest BCUT2D eigenvalue weighted by Crippen LogP contribution is 2.40. The average Bonchev–Trinajstić information content (AvgIpc) is 3.26. The zero-order valence-corrected chi connectivity index (χ0v) is 13.5. The summed E-state index contributed by atoms with van der Waals surface area (Å²) < 4.78 is 5.81. The zero-order valence-electron chi connectivity index (χ0n) is 13.5. The first-order valence-electron chi connectivity index (χ1n) is 8.53. The number of fused-ring (bicyclic) bond motifs is 1. The Hall–Kier alpha value is -1.88. The van der Waals surface area contributed by atoms with Crippen LogP contribution < -0.4 is 11.1 Å². The second-order valence-electron chi connectivity index (χ2n) is 7.30. The highest BCUT2D eigenvalue weighted by Gasteiger charge is 2.37. The van der Waals surface area contributed by atoms with Crippen molar-refractivity contribution in [3.05, 3.63) is 24.1 Å². The number of amides is 1. The second-order valence-corrected chi connectivity index (χ2v) is 7.30. The molecule has 1 heterocycles. The molecule has 0 aliphatic heterocycles. The molecule has 2 aliphatic rings. The highest BCUT2D eigenvalue weighted by atomic mass is 16.3. The van der Waals surface area contributed by atoms with E-state index in [9.17, 15) is 4.79 Å². The molecule has 5 nitrogen and oxygen atoms in total. The SMILES string of the molecule is CC1(N)CCCCC1C(=O)Nc1ccc2nc(C3CC3)oc2c1. The third kappa shape index (κ3) is 2.85. The number of nitrogens with two attached hydrogens (primary N) is 1. The number of carbonyl (C=O) groups excluding carboxylic acids is 1. The Labute approximate surface area is 135 Å². The minimum absolute atomic E-state index is 0.0102. The maximum absolute atomic E-state index is 12.6. The molecular formula is C18H23N3O2. The summed E-state index contributed by atoms with van der Waals surface area (Å²) in [7, 11) is 0. The Morgan fingerprint density at radius 2 is 2.17 bits per heavy atom. The van der Waals surface area contributed by atoms with E-state index in [-0.39, 0.29) is 11.8 Å². The monoisotopic (exact) mass is 313 g/mol. The summed E-state index contributed by atoms with van der Waals surface area (Å²) in [5.41, 5.74) is 8.25. The molecule has 1 aromatic heterocycles. The lowest BCUT2D eigenvalue weighted by atomic mass is 9.74. The van der Waals surface area contributed by atoms with E-state index >= 15 is 0 Å². The first kappa shape index (κ1) is 14.7. The van der Waals surface area contributed by atoms with E-state index in [0.717, 1.165) is 61.2 Å². The summed E-state index contributed by atoms with van der Waals surface area (Å²) in [5, 5.41) is 3.01. The zero-order chi connectivity index (χ0) is 16.0. The van der Waals surface area contributed by atoms with Crippen LogP contribution in [0.15, 0.2) is 22.6 Å². The summed E-state index contributed by atoms with van der Waals surface area (Å²) in [5.74, 6) is 1.19. The van der Waals surface area contributed by atoms with Crippen LogP contribution in [-0.2, 0) is 4.79 Å². The molecule has 122 valence electrons. The van der Waals surface area contributed by atoms with Crippen molar-refractivity contribution in [2.45, 2.75) is 56.9 Å². The van der Waals surface area contributed by atoms with Gasteiger partial charge in [-0.2, -0.15) is 0 Å². The third-order valence-electron chi connectivity index (χ3n) is 5.17. The average molecular weight is 313 g/mol. The fraction of sp³-hybridized carbons (Fsp3) is 0.556. The van der Waals surface area contributed by atoms with Crippen molar-refractivity contribution in [3.8, 4) is 0 Å². The summed E-state index contributed by atoms with van der Waals surface area (Å²) in [6.07, 6.45) is 6.24. The number of aromatic nitrogens is 1. The van der Waals surface area contributed by atoms with Crippen LogP contribution in [-0.4, -0.2) is 16.4 Å². The number of hydrogen-bond donors (Lipinski definition) is 2. The normalized spacial score (nSPS) is 28.0. The van der Waals surface area contributed by atoms with Crippen LogP contribution >= 0.6 is 0 Å². The van der Waals surface area contributed by atoms with Gasteiger partial charge in [-0.1, -0.05) is 12.8 Å². The van der Waals surface area contributed by atoms with E-state index in [4.69, 9.17) is 10.2 Å². The molecule has 1 aromatic carbocycles. The maximum atomic E-state index is 12.6. The largest absolute Gasteiger partial charge is 0.440 e. The molecule has 1 amide bonds. The van der Waals surface area contributed by atoms with Gasteiger partial charge in [0, 0.05) is 23.2 Å². The molecule has 2 fully saturated rings. The number of benzene rings is 1. The fourth-order valence-electron chi connectivity index (χ4n) is 3.54. The van der Waals surface area contributed by atoms with Gasteiger partial charge in [-0.3, -0.25) is 4.79 Å². The van der Waals surface area contributed by atoms with Gasteiger partial charge in [-0.25, -0.2) is 4.98 Å². The number of nitrogens with one attached hydrogen (secondary N) is 1. The molecule has 0 bridgehead atoms. The van der Waals surface area contributed by atoms with Gasteiger partial charge in [0.2, 0.25) is 5.91 Å². The molecule has 2 saturated carbocycles. The molecule has 5 heteroatoms. The van der Waals surface area contributed by atoms with Crippen LogP contribution in [0.25, 0.3) is 11.1 Å². The maximum Gasteiger partial charge on any atom is 0.229 e. The molecular weight excluding hydrogens is 290 g/mol. The first-order valence-corrected chi connectivity index (χ1v) is 8.53. The van der Waals surface area contributed by atoms with Gasteiger partial charge in [0.25, 0.3) is 0 Å². The number of nitrogens with zero attached hydrogens (tertiary/aromatic N) is 1. The van der Waals surface area contributed by atoms with Gasteiger partial charge in [0.15, 0.2) is 11.5 Å². The fourth-order valence-corrected chi connectivity index (χ4v) is 3.54. The lowest BCUT2D eigenvalue weighted by Gasteiger charge is -2.37. The molecule has 2 unspecified atom stereocenters. The van der Waals surface area contributed by atoms with Gasteiger partial charge in [0.1, 0.15) is 5.52 Å². The van der Waals surface area contributed by atoms with Crippen molar-refractivity contribution in [1.29, 1.82) is 0 Å². The van der Waals surface area contributed by atoms with Crippen LogP contribution in [0, 0.1) is 5.92 Å². The molecule has 2 aromatic rings. The molecule has 2 aliphatic carbocycles. The summed E-state index contributed by atoms with van der Waals surface area (Å²) in [6, 6.07) is 5.65. The summed E-state index contributed by atoms with van der Waals surface area (Å²) in [6.45, 7) is 1.98. The molecule has 23 heavy (non-hydrogen) atoms. The van der Waals surface area contributed by atoms with Crippen molar-refractivity contribution in [2.75, 3.05) is 5.32 Å². The number of hydrogen-bond acceptors (Lipinski definition) is 4. The topological polar surface area (TPSA) is 81.2 Å². The minimum atomic E-state index is -0.419. The van der Waals surface area contributed by atoms with Gasteiger partial charge in [-0.15, -0.1) is 0 Å². The smallest absolute Gasteiger partial charge is 0.229 e. The molecule has 0 radical (unpaired) electrons. The number of rotatable bonds is 3. The van der Waals surface area contributed by atoms with Crippen LogP contribution in [0.2, 0.25) is 0 Å². The third-order valence-corrected chi connectivity index (χ3v) is 5.17. The Morgan fingerprint density at radius 3 is 2.91 bits per heavy atom. The van der Waals surface area contributed by atoms with E-state index in [2.05, 4.69) is 10.3 Å². The molecule has 0 saturated heterocycles. The standard InChI is InChI=1S/C18H23N3O2/c1-18(19)9-3-2-4-13(18)16(22)20-12-7-8-14-15(10-12)23-17(21-14)11-5-6-11/h7-8,10-11,13H,2-6,9,19H2,1H3,(H,20,22). The number of oxazole rings is 1. The van der Waals surface area contributed by atoms with Crippen LogP contribution in [0.3, 0.4) is 0 Å². The molecule has 4 rings (SSSR count). The second kappa shape index (κ2) is 5.34. The van der Waals surface area contributed by atoms with Crippen molar-refractivity contribution in [2.24, 2.45) is 11.7 Å². The van der Waals surface area contributed by atoms with Gasteiger partial charge >= 0.3 is 0 Å². The van der Waals surface area contributed by atoms with Crippen LogP contribution in [0.5, 0.6) is 0 Å². The van der Waals surface area contributed by atoms with Gasteiger partial charge in [-0.05, 0) is 44.7 Å². The van der Waals surface area contributed by atoms with E-state index < -0.39 is 5.54 Å². The lowest BCUT2D eigenvalue weighted by molar-refractivity contribution is -0.122. The van der Waals surface area contributed by atoms with Crippen molar-refractivity contribution < 1.29 is 9.21 Å². The highest BCUT2D eigenvalue weighted by molar-refractivity contribution is 5.95. The van der Waals surface area contributed by atoms with Crippen molar-refractivity contribution in [1.82, 2.24) is 4.98 Å². The predicted molar refractivity (Wildman–Crippen MR) is 89.2 cm³/mol. The van der Waals surface area contributed by atoms with Crippen LogP contribution in [0.1, 0.15) is 57.3 Å². The van der Waals surface area contributed by atoms with E-state index in [1.165, 1.54) is 0 Å². The Morgan fingerprint density at radius 1 is 1.35 bits per heavy atom. The Bertz CT molecular complexity index is 746. The van der Waals surface area contributed by atoms with Crippen LogP contribution in [0.4, 0.5) is 5.69 Å². The van der Waals surface area contributed by atoms with E-state index in [0.29, 0.717) is 5.92 Å². The lowest BCUT2D eigenvalue weighted by Crippen LogP contribution is -2.51. The first-order chi connectivity index (χ1) is 11.0. The number of carbonyl (C=O) groups is 1. The van der Waals surface area contributed by atoms with E-state index in [1.807, 2.05) is 25.1 Å². The predicted octanol–water partition coefficient (Wildman–Crippen LogP) is 3.55. The Balaban J connectivity index is 1.53. The summed E-state index contributed by atoms with van der Waals surface area (Å²) in [4.78, 5) is 17.1. The van der Waals surface area contributed by atoms with Crippen molar-refractivity contribution >= 4 is 22.7 Å². The van der Waals surface area contributed by atoms with Gasteiger partial charge < -0.3 is 15.5 Å². The minimum Gasteiger partial charge on any atom is -0.440 e. The summed E-state index contributed by atoms with van der Waals surface area (Å²) >= 11 is 0. The quantitative estimate of drug-likeness (QED) is 0.908. The molecule has 2 atom stereocenters. The number of anilines is 1. The Kier molecular flexibility index (Phi) is 3.41.